The lowest BCUT2D eigenvalue weighted by Gasteiger charge is -2.13. The van der Waals surface area contributed by atoms with Crippen LogP contribution in [0.2, 0.25) is 0 Å². The number of nitrogens with one attached hydrogen (secondary N) is 1. The van der Waals surface area contributed by atoms with Crippen molar-refractivity contribution in [3.63, 3.8) is 0 Å². The van der Waals surface area contributed by atoms with E-state index in [1.807, 2.05) is 18.2 Å². The van der Waals surface area contributed by atoms with Crippen LogP contribution < -0.4 is 11.1 Å². The lowest BCUT2D eigenvalue weighted by molar-refractivity contribution is 0.285. The van der Waals surface area contributed by atoms with Crippen LogP contribution in [-0.2, 0) is 6.61 Å². The maximum absolute atomic E-state index is 9.16. The topological polar surface area (TPSA) is 58.3 Å². The van der Waals surface area contributed by atoms with Gasteiger partial charge in [-0.3, -0.25) is 0 Å². The molecule has 0 aliphatic heterocycles. The van der Waals surface area contributed by atoms with E-state index in [1.165, 1.54) is 12.8 Å². The van der Waals surface area contributed by atoms with Gasteiger partial charge < -0.3 is 16.2 Å². The molecule has 5 heteroatoms. The number of aliphatic hydroxyl groups excluding tert-OH is 1. The first-order valence-electron chi connectivity index (χ1n) is 6.71. The van der Waals surface area contributed by atoms with Gasteiger partial charge in [0.25, 0.3) is 0 Å². The van der Waals surface area contributed by atoms with Crippen LogP contribution in [0.5, 0.6) is 0 Å². The van der Waals surface area contributed by atoms with Crippen molar-refractivity contribution in [2.45, 2.75) is 19.4 Å². The molecular formula is C15H17BrN2OS. The quantitative estimate of drug-likeness (QED) is 0.710. The van der Waals surface area contributed by atoms with E-state index >= 15 is 0 Å². The van der Waals surface area contributed by atoms with Crippen LogP contribution >= 0.6 is 27.3 Å². The molecule has 1 heterocycles. The highest BCUT2D eigenvalue weighted by Gasteiger charge is 2.21. The van der Waals surface area contributed by atoms with Crippen molar-refractivity contribution in [2.24, 2.45) is 5.92 Å². The number of benzene rings is 1. The third kappa shape index (κ3) is 2.85. The average Bonchev–Trinajstić information content (AvgIpc) is 3.16. The Balaban J connectivity index is 1.86. The molecule has 0 unspecified atom stereocenters. The number of rotatable bonds is 5. The monoisotopic (exact) mass is 352 g/mol. The van der Waals surface area contributed by atoms with Crippen LogP contribution in [-0.4, -0.2) is 11.7 Å². The Labute approximate surface area is 130 Å². The van der Waals surface area contributed by atoms with E-state index in [0.29, 0.717) is 0 Å². The van der Waals surface area contributed by atoms with Crippen LogP contribution in [0, 0.1) is 5.92 Å². The van der Waals surface area contributed by atoms with Crippen molar-refractivity contribution in [1.82, 2.24) is 0 Å². The van der Waals surface area contributed by atoms with Crippen molar-refractivity contribution in [2.75, 3.05) is 17.6 Å². The van der Waals surface area contributed by atoms with E-state index in [1.54, 1.807) is 11.3 Å². The predicted octanol–water partition coefficient (Wildman–Crippen LogP) is 4.07. The van der Waals surface area contributed by atoms with E-state index in [0.717, 1.165) is 43.6 Å². The molecule has 0 spiro atoms. The van der Waals surface area contributed by atoms with Crippen LogP contribution in [0.1, 0.15) is 17.7 Å². The molecular weight excluding hydrogens is 336 g/mol. The van der Waals surface area contributed by atoms with Crippen LogP contribution in [0.25, 0.3) is 10.4 Å². The Bertz CT molecular complexity index is 622. The molecule has 0 saturated heterocycles. The summed E-state index contributed by atoms with van der Waals surface area (Å²) in [7, 11) is 0. The summed E-state index contributed by atoms with van der Waals surface area (Å²) in [6, 6.07) is 8.08. The molecule has 1 aliphatic rings. The van der Waals surface area contributed by atoms with Gasteiger partial charge in [-0.25, -0.2) is 0 Å². The van der Waals surface area contributed by atoms with Crippen molar-refractivity contribution in [1.29, 1.82) is 0 Å². The second kappa shape index (κ2) is 5.76. The highest BCUT2D eigenvalue weighted by molar-refractivity contribution is 9.10. The summed E-state index contributed by atoms with van der Waals surface area (Å²) in [6.07, 6.45) is 2.65. The van der Waals surface area contributed by atoms with Crippen LogP contribution in [0.3, 0.4) is 0 Å². The van der Waals surface area contributed by atoms with Crippen molar-refractivity contribution >= 4 is 38.6 Å². The molecule has 1 aromatic carbocycles. The van der Waals surface area contributed by atoms with E-state index in [2.05, 4.69) is 27.3 Å². The SMILES string of the molecule is Nc1c(NCC2CC2)ccc(-c2ccc(CO)s2)c1Br. The molecule has 106 valence electrons. The van der Waals surface area contributed by atoms with Gasteiger partial charge in [0.1, 0.15) is 0 Å². The maximum atomic E-state index is 9.16. The fraction of sp³-hybridized carbons (Fsp3) is 0.333. The molecule has 1 aliphatic carbocycles. The number of halogens is 1. The molecule has 0 atom stereocenters. The fourth-order valence-electron chi connectivity index (χ4n) is 2.12. The highest BCUT2D eigenvalue weighted by Crippen LogP contribution is 2.40. The van der Waals surface area contributed by atoms with E-state index in [-0.39, 0.29) is 6.61 Å². The zero-order valence-corrected chi connectivity index (χ0v) is 13.4. The molecule has 3 rings (SSSR count). The zero-order chi connectivity index (χ0) is 14.1. The third-order valence-corrected chi connectivity index (χ3v) is 5.50. The Hall–Kier alpha value is -1.04. The minimum absolute atomic E-state index is 0.0821. The van der Waals surface area contributed by atoms with Gasteiger partial charge in [-0.1, -0.05) is 6.07 Å². The normalized spacial score (nSPS) is 14.5. The maximum Gasteiger partial charge on any atom is 0.0774 e. The Kier molecular flexibility index (Phi) is 4.01. The van der Waals surface area contributed by atoms with Gasteiger partial charge in [-0.05, 0) is 52.9 Å². The largest absolute Gasteiger partial charge is 0.396 e. The minimum atomic E-state index is 0.0821. The Morgan fingerprint density at radius 2 is 2.10 bits per heavy atom. The number of aliphatic hydroxyl groups is 1. The summed E-state index contributed by atoms with van der Waals surface area (Å²) >= 11 is 5.19. The van der Waals surface area contributed by atoms with Crippen molar-refractivity contribution in [3.8, 4) is 10.4 Å². The van der Waals surface area contributed by atoms with Crippen molar-refractivity contribution in [3.05, 3.63) is 33.6 Å². The van der Waals surface area contributed by atoms with Gasteiger partial charge in [0.05, 0.1) is 22.5 Å². The van der Waals surface area contributed by atoms with Gasteiger partial charge in [-0.2, -0.15) is 0 Å². The van der Waals surface area contributed by atoms with Gasteiger partial charge in [-0.15, -0.1) is 11.3 Å². The van der Waals surface area contributed by atoms with Gasteiger partial charge >= 0.3 is 0 Å². The number of anilines is 2. The van der Waals surface area contributed by atoms with E-state index in [9.17, 15) is 0 Å². The lowest BCUT2D eigenvalue weighted by Crippen LogP contribution is -2.06. The van der Waals surface area contributed by atoms with E-state index in [4.69, 9.17) is 10.8 Å². The Morgan fingerprint density at radius 3 is 2.75 bits per heavy atom. The molecule has 1 saturated carbocycles. The molecule has 0 amide bonds. The fourth-order valence-corrected chi connectivity index (χ4v) is 3.71. The lowest BCUT2D eigenvalue weighted by atomic mass is 10.1. The third-order valence-electron chi connectivity index (χ3n) is 3.54. The van der Waals surface area contributed by atoms with Crippen LogP contribution in [0.15, 0.2) is 28.7 Å². The molecule has 0 radical (unpaired) electrons. The number of nitrogen functional groups attached to an aromatic ring is 1. The molecule has 3 nitrogen and oxygen atoms in total. The molecule has 1 aromatic heterocycles. The number of hydrogen-bond donors (Lipinski definition) is 3. The first-order chi connectivity index (χ1) is 9.69. The summed E-state index contributed by atoms with van der Waals surface area (Å²) in [5.74, 6) is 0.817. The van der Waals surface area contributed by atoms with Crippen molar-refractivity contribution < 1.29 is 5.11 Å². The predicted molar refractivity (Wildman–Crippen MR) is 89.0 cm³/mol. The second-order valence-electron chi connectivity index (χ2n) is 5.14. The summed E-state index contributed by atoms with van der Waals surface area (Å²) in [5.41, 5.74) is 9.03. The summed E-state index contributed by atoms with van der Waals surface area (Å²) in [4.78, 5) is 2.07. The number of nitrogens with two attached hydrogens (primary N) is 1. The first-order valence-corrected chi connectivity index (χ1v) is 8.31. The van der Waals surface area contributed by atoms with Gasteiger partial charge in [0.15, 0.2) is 0 Å². The number of thiophene rings is 1. The molecule has 2 aromatic rings. The summed E-state index contributed by atoms with van der Waals surface area (Å²) < 4.78 is 0.921. The Morgan fingerprint density at radius 1 is 1.30 bits per heavy atom. The molecule has 4 N–H and O–H groups in total. The van der Waals surface area contributed by atoms with Gasteiger partial charge in [0.2, 0.25) is 0 Å². The highest BCUT2D eigenvalue weighted by atomic mass is 79.9. The zero-order valence-electron chi connectivity index (χ0n) is 11.0. The smallest absolute Gasteiger partial charge is 0.0774 e. The standard InChI is InChI=1S/C15H17BrN2OS/c16-14-11(13-6-3-10(8-19)20-13)4-5-12(15(14)17)18-7-9-1-2-9/h3-6,9,18-19H,1-2,7-8,17H2. The first kappa shape index (κ1) is 13.9. The van der Waals surface area contributed by atoms with Crippen LogP contribution in [0.4, 0.5) is 11.4 Å². The minimum Gasteiger partial charge on any atom is -0.396 e. The number of hydrogen-bond acceptors (Lipinski definition) is 4. The van der Waals surface area contributed by atoms with E-state index < -0.39 is 0 Å². The summed E-state index contributed by atoms with van der Waals surface area (Å²) in [5, 5.41) is 12.6. The molecule has 20 heavy (non-hydrogen) atoms. The van der Waals surface area contributed by atoms with Gasteiger partial charge in [0, 0.05) is 21.9 Å². The summed E-state index contributed by atoms with van der Waals surface area (Å²) in [6.45, 7) is 1.09. The average molecular weight is 353 g/mol. The molecule has 1 fully saturated rings. The second-order valence-corrected chi connectivity index (χ2v) is 7.10. The molecule has 0 bridgehead atoms.